The largest absolute Gasteiger partial charge is 0.422 e. The molecule has 7 heteroatoms. The predicted octanol–water partition coefficient (Wildman–Crippen LogP) is 3.45. The third kappa shape index (κ3) is 2.09. The molecular weight excluding hydrogens is 243 g/mol. The van der Waals surface area contributed by atoms with Crippen LogP contribution in [0.4, 0.5) is 22.0 Å². The number of rotatable bonds is 1. The summed E-state index contributed by atoms with van der Waals surface area (Å²) in [5, 5.41) is -0.701. The van der Waals surface area contributed by atoms with Gasteiger partial charge in [0.1, 0.15) is 17.2 Å². The van der Waals surface area contributed by atoms with Crippen LogP contribution >= 0.6 is 11.6 Å². The molecule has 0 saturated heterocycles. The number of carbonyl (C=O) groups is 1. The van der Waals surface area contributed by atoms with Crippen molar-refractivity contribution >= 4 is 17.9 Å². The molecule has 1 aromatic rings. The third-order valence-corrected chi connectivity index (χ3v) is 1.92. The van der Waals surface area contributed by atoms with Gasteiger partial charge >= 0.3 is 6.18 Å². The first-order valence-corrected chi connectivity index (χ1v) is 3.86. The molecule has 0 amide bonds. The van der Waals surface area contributed by atoms with Gasteiger partial charge in [0.25, 0.3) is 0 Å². The minimum absolute atomic E-state index is 0.202. The molecule has 15 heavy (non-hydrogen) atoms. The van der Waals surface area contributed by atoms with Gasteiger partial charge in [-0.15, -0.1) is 0 Å². The summed E-state index contributed by atoms with van der Waals surface area (Å²) in [6, 6.07) is 0.247. The van der Waals surface area contributed by atoms with Crippen molar-refractivity contribution in [3.8, 4) is 0 Å². The third-order valence-electron chi connectivity index (χ3n) is 1.61. The Hall–Kier alpha value is -1.17. The van der Waals surface area contributed by atoms with Gasteiger partial charge < -0.3 is 0 Å². The number of aldehydes is 1. The number of alkyl halides is 3. The van der Waals surface area contributed by atoms with E-state index in [1.807, 2.05) is 0 Å². The summed E-state index contributed by atoms with van der Waals surface area (Å²) in [6.07, 6.45) is -5.41. The minimum Gasteiger partial charge on any atom is -0.298 e. The van der Waals surface area contributed by atoms with Crippen LogP contribution in [0.1, 0.15) is 15.9 Å². The molecule has 0 unspecified atom stereocenters. The Bertz CT molecular complexity index is 412. The highest BCUT2D eigenvalue weighted by Crippen LogP contribution is 2.36. The predicted molar refractivity (Wildman–Crippen MR) is 41.8 cm³/mol. The molecule has 0 aliphatic heterocycles. The van der Waals surface area contributed by atoms with E-state index in [4.69, 9.17) is 11.6 Å². The molecule has 0 spiro atoms. The lowest BCUT2D eigenvalue weighted by atomic mass is 10.1. The van der Waals surface area contributed by atoms with Crippen molar-refractivity contribution in [1.29, 1.82) is 0 Å². The molecule has 0 heterocycles. The quantitative estimate of drug-likeness (QED) is 0.546. The van der Waals surface area contributed by atoms with Crippen molar-refractivity contribution in [1.82, 2.24) is 0 Å². The van der Waals surface area contributed by atoms with Crippen LogP contribution in [-0.2, 0) is 6.18 Å². The van der Waals surface area contributed by atoms with E-state index < -0.39 is 34.0 Å². The fraction of sp³-hybridized carbons (Fsp3) is 0.125. The first kappa shape index (κ1) is 11.9. The smallest absolute Gasteiger partial charge is 0.298 e. The van der Waals surface area contributed by atoms with Crippen molar-refractivity contribution in [2.24, 2.45) is 0 Å². The molecule has 1 rings (SSSR count). The first-order valence-electron chi connectivity index (χ1n) is 3.49. The highest BCUT2D eigenvalue weighted by Gasteiger charge is 2.39. The molecule has 0 bridgehead atoms. The summed E-state index contributed by atoms with van der Waals surface area (Å²) in [4.78, 5) is 10.2. The molecule has 0 radical (unpaired) electrons. The maximum Gasteiger partial charge on any atom is 0.422 e. The van der Waals surface area contributed by atoms with Gasteiger partial charge in [-0.05, 0) is 6.07 Å². The van der Waals surface area contributed by atoms with Crippen LogP contribution < -0.4 is 0 Å². The second kappa shape index (κ2) is 3.77. The van der Waals surface area contributed by atoms with Crippen LogP contribution in [0.5, 0.6) is 0 Å². The van der Waals surface area contributed by atoms with Gasteiger partial charge in [-0.2, -0.15) is 13.2 Å². The normalized spacial score (nSPS) is 11.6. The molecule has 0 N–H and O–H groups in total. The summed E-state index contributed by atoms with van der Waals surface area (Å²) in [5.41, 5.74) is -3.13. The van der Waals surface area contributed by atoms with Crippen molar-refractivity contribution in [3.05, 3.63) is 33.9 Å². The van der Waals surface area contributed by atoms with E-state index in [0.717, 1.165) is 0 Å². The molecule has 0 aromatic heterocycles. The molecular formula is C8H2ClF5O. The van der Waals surface area contributed by atoms with E-state index in [1.165, 1.54) is 0 Å². The zero-order valence-electron chi connectivity index (χ0n) is 6.83. The zero-order chi connectivity index (χ0) is 11.8. The Labute approximate surface area is 85.5 Å². The Balaban J connectivity index is 3.60. The lowest BCUT2D eigenvalue weighted by molar-refractivity contribution is -0.142. The zero-order valence-corrected chi connectivity index (χ0v) is 7.59. The van der Waals surface area contributed by atoms with Gasteiger partial charge in [-0.3, -0.25) is 4.79 Å². The van der Waals surface area contributed by atoms with E-state index in [9.17, 15) is 26.7 Å². The van der Waals surface area contributed by atoms with Crippen LogP contribution in [0.25, 0.3) is 0 Å². The van der Waals surface area contributed by atoms with Crippen molar-refractivity contribution in [2.75, 3.05) is 0 Å². The highest BCUT2D eigenvalue weighted by molar-refractivity contribution is 6.33. The van der Waals surface area contributed by atoms with Gasteiger partial charge in [0.05, 0.1) is 10.6 Å². The Morgan fingerprint density at radius 3 is 2.20 bits per heavy atom. The fourth-order valence-corrected chi connectivity index (χ4v) is 1.20. The lowest BCUT2D eigenvalue weighted by Gasteiger charge is -2.11. The van der Waals surface area contributed by atoms with Crippen LogP contribution in [0.2, 0.25) is 5.02 Å². The van der Waals surface area contributed by atoms with Crippen LogP contribution in [-0.4, -0.2) is 6.29 Å². The highest BCUT2D eigenvalue weighted by atomic mass is 35.5. The van der Waals surface area contributed by atoms with Gasteiger partial charge in [0.15, 0.2) is 6.29 Å². The van der Waals surface area contributed by atoms with Crippen LogP contribution in [0.15, 0.2) is 6.07 Å². The molecule has 0 atom stereocenters. The maximum atomic E-state index is 13.0. The summed E-state index contributed by atoms with van der Waals surface area (Å²) in [5.74, 6) is -3.85. The molecule has 82 valence electrons. The summed E-state index contributed by atoms with van der Waals surface area (Å²) in [7, 11) is 0. The van der Waals surface area contributed by atoms with E-state index in [2.05, 4.69) is 0 Å². The number of benzene rings is 1. The lowest BCUT2D eigenvalue weighted by Crippen LogP contribution is -2.13. The number of hydrogen-bond donors (Lipinski definition) is 0. The molecule has 1 aromatic carbocycles. The summed E-state index contributed by atoms with van der Waals surface area (Å²) < 4.78 is 62.1. The van der Waals surface area contributed by atoms with Crippen molar-refractivity contribution in [2.45, 2.75) is 6.18 Å². The molecule has 0 aliphatic carbocycles. The van der Waals surface area contributed by atoms with Crippen molar-refractivity contribution in [3.63, 3.8) is 0 Å². The second-order valence-corrected chi connectivity index (χ2v) is 2.97. The van der Waals surface area contributed by atoms with E-state index in [1.54, 1.807) is 0 Å². The number of carbonyl (C=O) groups excluding carboxylic acids is 1. The van der Waals surface area contributed by atoms with Gasteiger partial charge in [0, 0.05) is 0 Å². The van der Waals surface area contributed by atoms with Crippen molar-refractivity contribution < 1.29 is 26.7 Å². The van der Waals surface area contributed by atoms with Gasteiger partial charge in [-0.25, -0.2) is 8.78 Å². The first-order chi connectivity index (χ1) is 6.79. The monoisotopic (exact) mass is 244 g/mol. The summed E-state index contributed by atoms with van der Waals surface area (Å²) in [6.45, 7) is 0. The van der Waals surface area contributed by atoms with Gasteiger partial charge in [-0.1, -0.05) is 11.6 Å². The standard InChI is InChI=1S/C8H2ClF5O/c9-4-1-5(10)6(8(12,13)14)7(11)3(4)2-15/h1-2H. The molecule has 0 saturated carbocycles. The Morgan fingerprint density at radius 1 is 1.27 bits per heavy atom. The molecule has 1 nitrogen and oxygen atoms in total. The topological polar surface area (TPSA) is 17.1 Å². The van der Waals surface area contributed by atoms with Crippen LogP contribution in [0.3, 0.4) is 0 Å². The van der Waals surface area contributed by atoms with Crippen LogP contribution in [0, 0.1) is 11.6 Å². The SMILES string of the molecule is O=Cc1c(Cl)cc(F)c(C(F)(F)F)c1F. The minimum atomic E-state index is -5.21. The Morgan fingerprint density at radius 2 is 1.80 bits per heavy atom. The Kier molecular flexibility index (Phi) is 2.99. The van der Waals surface area contributed by atoms with E-state index in [0.29, 0.717) is 0 Å². The van der Waals surface area contributed by atoms with E-state index in [-0.39, 0.29) is 12.4 Å². The average molecular weight is 245 g/mol. The van der Waals surface area contributed by atoms with E-state index >= 15 is 0 Å². The maximum absolute atomic E-state index is 13.0. The fourth-order valence-electron chi connectivity index (χ4n) is 0.973. The summed E-state index contributed by atoms with van der Waals surface area (Å²) >= 11 is 5.18. The molecule has 0 fully saturated rings. The average Bonchev–Trinajstić information content (AvgIpc) is 2.00. The van der Waals surface area contributed by atoms with Gasteiger partial charge in [0.2, 0.25) is 0 Å². The number of halogens is 6. The second-order valence-electron chi connectivity index (χ2n) is 2.56. The number of hydrogen-bond acceptors (Lipinski definition) is 1. The molecule has 0 aliphatic rings.